The van der Waals surface area contributed by atoms with Crippen molar-refractivity contribution >= 4 is 17.3 Å². The van der Waals surface area contributed by atoms with Gasteiger partial charge in [0.2, 0.25) is 0 Å². The standard InChI is InChI=1S/C21H21FN4O2/c1-15-13-19(24-26(15)20-8-3-2-7-18(20)22)21(27)23-16-5-4-6-17(14-16)25-9-11-28-12-10-25/h2-8,13-14H,9-12H2,1H3,(H,23,27). The van der Waals surface area contributed by atoms with E-state index in [0.29, 0.717) is 30.3 Å². The lowest BCUT2D eigenvalue weighted by Crippen LogP contribution is -2.36. The maximum atomic E-state index is 14.1. The molecule has 144 valence electrons. The Balaban J connectivity index is 1.53. The van der Waals surface area contributed by atoms with Gasteiger partial charge in [-0.2, -0.15) is 5.10 Å². The molecule has 1 fully saturated rings. The Morgan fingerprint density at radius 1 is 1.11 bits per heavy atom. The van der Waals surface area contributed by atoms with Crippen molar-refractivity contribution in [2.45, 2.75) is 6.92 Å². The number of halogens is 1. The van der Waals surface area contributed by atoms with E-state index in [4.69, 9.17) is 4.74 Å². The van der Waals surface area contributed by atoms with Gasteiger partial charge in [0, 0.05) is 30.2 Å². The molecule has 0 radical (unpaired) electrons. The van der Waals surface area contributed by atoms with Crippen LogP contribution >= 0.6 is 0 Å². The molecular weight excluding hydrogens is 359 g/mol. The van der Waals surface area contributed by atoms with E-state index in [-0.39, 0.29) is 17.4 Å². The molecule has 7 heteroatoms. The number of hydrogen-bond donors (Lipinski definition) is 1. The molecular formula is C21H21FN4O2. The van der Waals surface area contributed by atoms with E-state index in [1.165, 1.54) is 10.7 Å². The average Bonchev–Trinajstić information content (AvgIpc) is 3.11. The van der Waals surface area contributed by atoms with Gasteiger partial charge in [-0.15, -0.1) is 0 Å². The molecule has 1 aliphatic heterocycles. The van der Waals surface area contributed by atoms with E-state index in [2.05, 4.69) is 15.3 Å². The highest BCUT2D eigenvalue weighted by molar-refractivity contribution is 6.03. The number of amides is 1. The molecule has 4 rings (SSSR count). The number of benzene rings is 2. The van der Waals surface area contributed by atoms with Crippen molar-refractivity contribution in [3.63, 3.8) is 0 Å². The summed E-state index contributed by atoms with van der Waals surface area (Å²) in [5.41, 5.74) is 2.95. The molecule has 0 unspecified atom stereocenters. The average molecular weight is 380 g/mol. The first-order chi connectivity index (χ1) is 13.6. The number of para-hydroxylation sites is 1. The van der Waals surface area contributed by atoms with Gasteiger partial charge in [-0.25, -0.2) is 9.07 Å². The predicted molar refractivity (Wildman–Crippen MR) is 106 cm³/mol. The van der Waals surface area contributed by atoms with Gasteiger partial charge >= 0.3 is 0 Å². The van der Waals surface area contributed by atoms with Gasteiger partial charge in [0.05, 0.1) is 13.2 Å². The second-order valence-electron chi connectivity index (χ2n) is 6.64. The summed E-state index contributed by atoms with van der Waals surface area (Å²) in [7, 11) is 0. The van der Waals surface area contributed by atoms with E-state index in [0.717, 1.165) is 18.8 Å². The third-order valence-electron chi connectivity index (χ3n) is 4.68. The lowest BCUT2D eigenvalue weighted by Gasteiger charge is -2.29. The van der Waals surface area contributed by atoms with Crippen LogP contribution in [-0.4, -0.2) is 42.0 Å². The van der Waals surface area contributed by atoms with Crippen LogP contribution in [0.25, 0.3) is 5.69 Å². The number of carbonyl (C=O) groups excluding carboxylic acids is 1. The fourth-order valence-corrected chi connectivity index (χ4v) is 3.25. The van der Waals surface area contributed by atoms with Crippen molar-refractivity contribution in [3.05, 3.63) is 71.8 Å². The molecule has 3 aromatic rings. The quantitative estimate of drug-likeness (QED) is 0.754. The highest BCUT2D eigenvalue weighted by atomic mass is 19.1. The van der Waals surface area contributed by atoms with Crippen molar-refractivity contribution in [1.82, 2.24) is 9.78 Å². The Labute approximate surface area is 162 Å². The summed E-state index contributed by atoms with van der Waals surface area (Å²) < 4.78 is 20.9. The molecule has 2 heterocycles. The van der Waals surface area contributed by atoms with Crippen LogP contribution in [0.4, 0.5) is 15.8 Å². The summed E-state index contributed by atoms with van der Waals surface area (Å²) in [5, 5.41) is 7.16. The number of ether oxygens (including phenoxy) is 1. The van der Waals surface area contributed by atoms with Gasteiger partial charge in [-0.05, 0) is 43.3 Å². The Morgan fingerprint density at radius 2 is 1.89 bits per heavy atom. The minimum Gasteiger partial charge on any atom is -0.378 e. The zero-order chi connectivity index (χ0) is 19.5. The van der Waals surface area contributed by atoms with Gasteiger partial charge in [0.15, 0.2) is 5.69 Å². The molecule has 0 bridgehead atoms. The van der Waals surface area contributed by atoms with Gasteiger partial charge in [-0.3, -0.25) is 4.79 Å². The summed E-state index contributed by atoms with van der Waals surface area (Å²) >= 11 is 0. The number of morpholine rings is 1. The molecule has 1 amide bonds. The number of anilines is 2. The van der Waals surface area contributed by atoms with E-state index in [1.807, 2.05) is 24.3 Å². The first-order valence-electron chi connectivity index (χ1n) is 9.17. The van der Waals surface area contributed by atoms with Gasteiger partial charge in [-0.1, -0.05) is 18.2 Å². The van der Waals surface area contributed by atoms with Crippen LogP contribution in [0.1, 0.15) is 16.2 Å². The largest absolute Gasteiger partial charge is 0.378 e. The number of aromatic nitrogens is 2. The smallest absolute Gasteiger partial charge is 0.276 e. The summed E-state index contributed by atoms with van der Waals surface area (Å²) in [4.78, 5) is 14.9. The van der Waals surface area contributed by atoms with Crippen molar-refractivity contribution in [2.24, 2.45) is 0 Å². The van der Waals surface area contributed by atoms with Crippen molar-refractivity contribution in [3.8, 4) is 5.69 Å². The Hall–Kier alpha value is -3.19. The fraction of sp³-hybridized carbons (Fsp3) is 0.238. The van der Waals surface area contributed by atoms with Crippen LogP contribution in [-0.2, 0) is 4.74 Å². The highest BCUT2D eigenvalue weighted by Gasteiger charge is 2.16. The molecule has 1 aliphatic rings. The first kappa shape index (κ1) is 18.2. The minimum absolute atomic E-state index is 0.234. The number of rotatable bonds is 4. The third-order valence-corrected chi connectivity index (χ3v) is 4.68. The van der Waals surface area contributed by atoms with Crippen molar-refractivity contribution < 1.29 is 13.9 Å². The predicted octanol–water partition coefficient (Wildman–Crippen LogP) is 3.41. The molecule has 28 heavy (non-hydrogen) atoms. The molecule has 2 aromatic carbocycles. The zero-order valence-electron chi connectivity index (χ0n) is 15.6. The van der Waals surface area contributed by atoms with Gasteiger partial charge in [0.25, 0.3) is 5.91 Å². The molecule has 0 atom stereocenters. The lowest BCUT2D eigenvalue weighted by atomic mass is 10.2. The second-order valence-corrected chi connectivity index (χ2v) is 6.64. The van der Waals surface area contributed by atoms with Crippen LogP contribution in [0.5, 0.6) is 0 Å². The number of hydrogen-bond acceptors (Lipinski definition) is 4. The molecule has 0 aliphatic carbocycles. The minimum atomic E-state index is -0.390. The molecule has 1 saturated heterocycles. The summed E-state index contributed by atoms with van der Waals surface area (Å²) in [6.07, 6.45) is 0. The number of aryl methyl sites for hydroxylation is 1. The number of nitrogens with zero attached hydrogens (tertiary/aromatic N) is 3. The first-order valence-corrected chi connectivity index (χ1v) is 9.17. The van der Waals surface area contributed by atoms with E-state index < -0.39 is 0 Å². The highest BCUT2D eigenvalue weighted by Crippen LogP contribution is 2.21. The topological polar surface area (TPSA) is 59.4 Å². The van der Waals surface area contributed by atoms with E-state index in [1.54, 1.807) is 31.2 Å². The van der Waals surface area contributed by atoms with E-state index >= 15 is 0 Å². The second kappa shape index (κ2) is 7.82. The van der Waals surface area contributed by atoms with E-state index in [9.17, 15) is 9.18 Å². The summed E-state index contributed by atoms with van der Waals surface area (Å²) in [5.74, 6) is -0.726. The monoisotopic (exact) mass is 380 g/mol. The van der Waals surface area contributed by atoms with Crippen LogP contribution in [0.15, 0.2) is 54.6 Å². The van der Waals surface area contributed by atoms with Gasteiger partial charge < -0.3 is 15.0 Å². The Bertz CT molecular complexity index is 996. The van der Waals surface area contributed by atoms with Crippen molar-refractivity contribution in [1.29, 1.82) is 0 Å². The Kier molecular flexibility index (Phi) is 5.08. The van der Waals surface area contributed by atoms with Crippen molar-refractivity contribution in [2.75, 3.05) is 36.5 Å². The number of carbonyl (C=O) groups is 1. The molecule has 1 aromatic heterocycles. The van der Waals surface area contributed by atoms with Crippen LogP contribution in [0.2, 0.25) is 0 Å². The number of nitrogens with one attached hydrogen (secondary N) is 1. The fourth-order valence-electron chi connectivity index (χ4n) is 3.25. The summed E-state index contributed by atoms with van der Waals surface area (Å²) in [6, 6.07) is 15.7. The molecule has 1 N–H and O–H groups in total. The van der Waals surface area contributed by atoms with Crippen LogP contribution < -0.4 is 10.2 Å². The summed E-state index contributed by atoms with van der Waals surface area (Å²) in [6.45, 7) is 4.83. The lowest BCUT2D eigenvalue weighted by molar-refractivity contribution is 0.102. The van der Waals surface area contributed by atoms with Gasteiger partial charge in [0.1, 0.15) is 11.5 Å². The molecule has 0 spiro atoms. The third kappa shape index (κ3) is 3.75. The van der Waals surface area contributed by atoms with Crippen LogP contribution in [0.3, 0.4) is 0 Å². The molecule has 6 nitrogen and oxygen atoms in total. The maximum Gasteiger partial charge on any atom is 0.276 e. The maximum absolute atomic E-state index is 14.1. The SMILES string of the molecule is Cc1cc(C(=O)Nc2cccc(N3CCOCC3)c2)nn1-c1ccccc1F. The molecule has 0 saturated carbocycles. The van der Waals surface area contributed by atoms with Crippen LogP contribution in [0, 0.1) is 12.7 Å². The zero-order valence-corrected chi connectivity index (χ0v) is 15.6. The normalized spacial score (nSPS) is 14.1. The Morgan fingerprint density at radius 3 is 2.68 bits per heavy atom.